The van der Waals surface area contributed by atoms with Crippen LogP contribution in [0.5, 0.6) is 0 Å². The Morgan fingerprint density at radius 2 is 1.56 bits per heavy atom. The first-order valence-corrected chi connectivity index (χ1v) is 9.87. The van der Waals surface area contributed by atoms with Crippen LogP contribution in [0, 0.1) is 0 Å². The second kappa shape index (κ2) is 10.9. The number of amides is 2. The van der Waals surface area contributed by atoms with Gasteiger partial charge in [-0.15, -0.1) is 0 Å². The summed E-state index contributed by atoms with van der Waals surface area (Å²) >= 11 is 0. The molecule has 0 bridgehead atoms. The Kier molecular flexibility index (Phi) is 8.67. The normalized spacial score (nSPS) is 14.0. The predicted molar refractivity (Wildman–Crippen MR) is 110 cm³/mol. The summed E-state index contributed by atoms with van der Waals surface area (Å²) in [4.78, 5) is 24.2. The topological polar surface area (TPSA) is 84.7 Å². The molecule has 0 radical (unpaired) electrons. The van der Waals surface area contributed by atoms with Crippen molar-refractivity contribution >= 4 is 12.3 Å². The van der Waals surface area contributed by atoms with Crippen LogP contribution in [0.25, 0.3) is 0 Å². The van der Waals surface area contributed by atoms with Crippen LogP contribution in [-0.4, -0.2) is 44.0 Å². The van der Waals surface area contributed by atoms with Crippen molar-refractivity contribution in [2.45, 2.75) is 24.5 Å². The minimum absolute atomic E-state index is 0.00901. The molecular weight excluding hydrogens is 468 g/mol. The van der Waals surface area contributed by atoms with Crippen LogP contribution in [0.2, 0.25) is 0 Å². The third kappa shape index (κ3) is 7.45. The molecule has 0 aliphatic rings. The molecular formula is C22H23F6N3O3. The monoisotopic (exact) mass is 491 g/mol. The standard InChI is InChI=1S/C22H23F6N3O3/c1-31(10-19(29)33)12-20(30-14-32,16-5-3-2-4-6-16)13-34-11-15-7-17(21(23,24)25)9-18(8-15)22(26,27)28/h2-9,14H,10-13H2,1H3,(H2,29,33)(H,30,32)/t20-/m1/s1. The lowest BCUT2D eigenvalue weighted by atomic mass is 9.90. The van der Waals surface area contributed by atoms with Crippen molar-refractivity contribution in [1.82, 2.24) is 10.2 Å². The van der Waals surface area contributed by atoms with Gasteiger partial charge in [-0.3, -0.25) is 14.5 Å². The van der Waals surface area contributed by atoms with Crippen molar-refractivity contribution < 1.29 is 40.7 Å². The Morgan fingerprint density at radius 3 is 2.03 bits per heavy atom. The molecule has 0 saturated carbocycles. The van der Waals surface area contributed by atoms with Gasteiger partial charge in [0, 0.05) is 6.54 Å². The molecule has 0 aliphatic carbocycles. The van der Waals surface area contributed by atoms with E-state index < -0.39 is 41.5 Å². The quantitative estimate of drug-likeness (QED) is 0.373. The Bertz CT molecular complexity index is 950. The summed E-state index contributed by atoms with van der Waals surface area (Å²) < 4.78 is 84.2. The fourth-order valence-corrected chi connectivity index (χ4v) is 3.49. The van der Waals surface area contributed by atoms with Crippen molar-refractivity contribution in [3.8, 4) is 0 Å². The molecule has 6 nitrogen and oxygen atoms in total. The third-order valence-corrected chi connectivity index (χ3v) is 4.89. The van der Waals surface area contributed by atoms with E-state index >= 15 is 0 Å². The first kappa shape index (κ1) is 27.1. The van der Waals surface area contributed by atoms with Crippen LogP contribution in [0.3, 0.4) is 0 Å². The lowest BCUT2D eigenvalue weighted by Crippen LogP contribution is -2.54. The summed E-state index contributed by atoms with van der Waals surface area (Å²) in [5, 5.41) is 2.61. The maximum absolute atomic E-state index is 13.1. The molecule has 1 atom stereocenters. The molecule has 12 heteroatoms. The smallest absolute Gasteiger partial charge is 0.374 e. The molecule has 0 spiro atoms. The molecule has 34 heavy (non-hydrogen) atoms. The highest BCUT2D eigenvalue weighted by Crippen LogP contribution is 2.36. The van der Waals surface area contributed by atoms with E-state index in [0.717, 1.165) is 0 Å². The maximum atomic E-state index is 13.1. The molecule has 186 valence electrons. The number of primary amides is 1. The summed E-state index contributed by atoms with van der Waals surface area (Å²) in [5.41, 5.74) is 1.22. The van der Waals surface area contributed by atoms with Gasteiger partial charge in [0.1, 0.15) is 5.54 Å². The third-order valence-electron chi connectivity index (χ3n) is 4.89. The second-order valence-electron chi connectivity index (χ2n) is 7.76. The molecule has 3 N–H and O–H groups in total. The number of likely N-dealkylation sites (N-methyl/N-ethyl adjacent to an activating group) is 1. The van der Waals surface area contributed by atoms with Gasteiger partial charge in [0.25, 0.3) is 0 Å². The van der Waals surface area contributed by atoms with Gasteiger partial charge in [0.15, 0.2) is 0 Å². The summed E-state index contributed by atoms with van der Waals surface area (Å²) in [6.45, 7) is -1.08. The highest BCUT2D eigenvalue weighted by Gasteiger charge is 2.37. The van der Waals surface area contributed by atoms with Gasteiger partial charge >= 0.3 is 12.4 Å². The first-order chi connectivity index (χ1) is 15.8. The highest BCUT2D eigenvalue weighted by atomic mass is 19.4. The van der Waals surface area contributed by atoms with Crippen LogP contribution in [0.4, 0.5) is 26.3 Å². The molecule has 0 fully saturated rings. The van der Waals surface area contributed by atoms with E-state index in [0.29, 0.717) is 24.1 Å². The van der Waals surface area contributed by atoms with Crippen LogP contribution < -0.4 is 11.1 Å². The summed E-state index contributed by atoms with van der Waals surface area (Å²) in [7, 11) is 1.55. The zero-order chi connectivity index (χ0) is 25.6. The van der Waals surface area contributed by atoms with Gasteiger partial charge in [-0.1, -0.05) is 30.3 Å². The number of nitrogens with zero attached hydrogens (tertiary/aromatic N) is 1. The highest BCUT2D eigenvalue weighted by molar-refractivity contribution is 5.75. The van der Waals surface area contributed by atoms with Crippen LogP contribution >= 0.6 is 0 Å². The molecule has 2 aromatic rings. The Labute approximate surface area is 191 Å². The molecule has 0 saturated heterocycles. The average molecular weight is 491 g/mol. The molecule has 0 aliphatic heterocycles. The van der Waals surface area contributed by atoms with Crippen molar-refractivity contribution in [3.63, 3.8) is 0 Å². The zero-order valence-corrected chi connectivity index (χ0v) is 18.0. The molecule has 2 rings (SSSR count). The molecule has 0 aromatic heterocycles. The predicted octanol–water partition coefficient (Wildman–Crippen LogP) is 3.30. The average Bonchev–Trinajstić information content (AvgIpc) is 2.72. The number of nitrogens with one attached hydrogen (secondary N) is 1. The Hall–Kier alpha value is -3.12. The van der Waals surface area contributed by atoms with Gasteiger partial charge in [0.05, 0.1) is 30.9 Å². The van der Waals surface area contributed by atoms with Gasteiger partial charge in [-0.25, -0.2) is 0 Å². The largest absolute Gasteiger partial charge is 0.416 e. The minimum atomic E-state index is -4.99. The van der Waals surface area contributed by atoms with Crippen LogP contribution in [0.15, 0.2) is 48.5 Å². The van der Waals surface area contributed by atoms with E-state index in [1.54, 1.807) is 37.4 Å². The number of hydrogen-bond donors (Lipinski definition) is 2. The van der Waals surface area contributed by atoms with Crippen molar-refractivity contribution in [2.24, 2.45) is 5.73 Å². The number of ether oxygens (including phenoxy) is 1. The second-order valence-corrected chi connectivity index (χ2v) is 7.76. The fourth-order valence-electron chi connectivity index (χ4n) is 3.49. The number of halogens is 6. The number of rotatable bonds is 11. The van der Waals surface area contributed by atoms with Crippen LogP contribution in [0.1, 0.15) is 22.3 Å². The Morgan fingerprint density at radius 1 is 1.00 bits per heavy atom. The number of carbonyl (C=O) groups excluding carboxylic acids is 2. The summed E-state index contributed by atoms with van der Waals surface area (Å²) in [6.07, 6.45) is -9.58. The van der Waals surface area contributed by atoms with Gasteiger partial charge in [0.2, 0.25) is 12.3 Å². The molecule has 0 unspecified atom stereocenters. The lowest BCUT2D eigenvalue weighted by Gasteiger charge is -2.37. The molecule has 0 heterocycles. The van der Waals surface area contributed by atoms with Gasteiger partial charge in [-0.05, 0) is 36.4 Å². The van der Waals surface area contributed by atoms with E-state index in [9.17, 15) is 35.9 Å². The lowest BCUT2D eigenvalue weighted by molar-refractivity contribution is -0.143. The fraction of sp³-hybridized carbons (Fsp3) is 0.364. The van der Waals surface area contributed by atoms with Crippen LogP contribution in [-0.2, 0) is 38.8 Å². The van der Waals surface area contributed by atoms with E-state index in [2.05, 4.69) is 5.32 Å². The van der Waals surface area contributed by atoms with Gasteiger partial charge < -0.3 is 15.8 Å². The number of benzene rings is 2. The van der Waals surface area contributed by atoms with E-state index in [1.807, 2.05) is 0 Å². The van der Waals surface area contributed by atoms with Crippen molar-refractivity contribution in [3.05, 3.63) is 70.8 Å². The SMILES string of the molecule is CN(CC(N)=O)C[C@](COCc1cc(C(F)(F)F)cc(C(F)(F)F)c1)(NC=O)c1ccccc1. The summed E-state index contributed by atoms with van der Waals surface area (Å²) in [5.74, 6) is -0.639. The van der Waals surface area contributed by atoms with E-state index in [-0.39, 0.29) is 31.3 Å². The van der Waals surface area contributed by atoms with Gasteiger partial charge in [-0.2, -0.15) is 26.3 Å². The van der Waals surface area contributed by atoms with E-state index in [4.69, 9.17) is 10.5 Å². The molecule has 2 aromatic carbocycles. The van der Waals surface area contributed by atoms with E-state index in [1.165, 1.54) is 4.90 Å². The zero-order valence-electron chi connectivity index (χ0n) is 18.0. The number of hydrogen-bond acceptors (Lipinski definition) is 4. The number of alkyl halides is 6. The minimum Gasteiger partial charge on any atom is -0.374 e. The summed E-state index contributed by atoms with van der Waals surface area (Å²) in [6, 6.07) is 9.56. The van der Waals surface area contributed by atoms with Crippen molar-refractivity contribution in [1.29, 1.82) is 0 Å². The maximum Gasteiger partial charge on any atom is 0.416 e. The first-order valence-electron chi connectivity index (χ1n) is 9.87. The van der Waals surface area contributed by atoms with Crippen molar-refractivity contribution in [2.75, 3.05) is 26.7 Å². The Balaban J connectivity index is 2.35. The number of carbonyl (C=O) groups is 2. The molecule has 2 amide bonds. The number of nitrogens with two attached hydrogens (primary N) is 1.